The van der Waals surface area contributed by atoms with Gasteiger partial charge in [-0.3, -0.25) is 0 Å². The molecular formula is C13H9Li2NOSe. The van der Waals surface area contributed by atoms with E-state index in [2.05, 4.69) is 21.1 Å². The van der Waals surface area contributed by atoms with E-state index in [9.17, 15) is 4.79 Å². The topological polar surface area (TPSA) is 31.2 Å². The van der Waals surface area contributed by atoms with E-state index in [-0.39, 0.29) is 24.8 Å². The Bertz CT molecular complexity index is 519. The molecule has 1 amide bonds. The van der Waals surface area contributed by atoms with Crippen molar-refractivity contribution < 1.29 is 23.7 Å². The maximum atomic E-state index is 12.0. The maximum absolute atomic E-state index is 12.0. The molecule has 0 saturated carbocycles. The summed E-state index contributed by atoms with van der Waals surface area (Å²) in [5.41, 5.74) is 1.43. The van der Waals surface area contributed by atoms with E-state index in [1.807, 2.05) is 54.6 Å². The minimum absolute atomic E-state index is 0. The van der Waals surface area contributed by atoms with Crippen LogP contribution in [-0.2, 0) is 0 Å². The van der Waals surface area contributed by atoms with Gasteiger partial charge in [-0.2, -0.15) is 0 Å². The number of hydrogen-bond acceptors (Lipinski definition) is 1. The van der Waals surface area contributed by atoms with Crippen molar-refractivity contribution in [2.45, 2.75) is 0 Å². The molecule has 0 aliphatic carbocycles. The summed E-state index contributed by atoms with van der Waals surface area (Å²) in [5, 5.41) is 4.11. The molecule has 0 unspecified atom stereocenters. The zero-order chi connectivity index (χ0) is 12.1. The number of para-hydroxylation sites is 1. The van der Waals surface area contributed by atoms with Crippen LogP contribution >= 0.6 is 0 Å². The molecule has 0 N–H and O–H groups in total. The number of nitrogens with zero attached hydrogens (tertiary/aromatic N) is 1. The van der Waals surface area contributed by atoms with Crippen molar-refractivity contribution >= 4 is 44.6 Å². The minimum atomic E-state index is -0.157. The first kappa shape index (κ1) is 15.7. The number of carbonyl (C=O) groups is 1. The van der Waals surface area contributed by atoms with Gasteiger partial charge in [-0.05, 0) is 0 Å². The Hall–Kier alpha value is -0.376. The van der Waals surface area contributed by atoms with Crippen molar-refractivity contribution in [2.75, 3.05) is 0 Å². The second-order valence-corrected chi connectivity index (χ2v) is 5.23. The van der Waals surface area contributed by atoms with E-state index in [1.165, 1.54) is 0 Å². The third-order valence-corrected chi connectivity index (χ3v) is 3.99. The van der Waals surface area contributed by atoms with Crippen LogP contribution in [0, 0.1) is 0 Å². The third-order valence-electron chi connectivity index (χ3n) is 2.32. The summed E-state index contributed by atoms with van der Waals surface area (Å²) in [6, 6.07) is 17.0. The normalized spacial score (nSPS) is 9.44. The van der Waals surface area contributed by atoms with Crippen molar-refractivity contribution in [1.82, 2.24) is 0 Å². The van der Waals surface area contributed by atoms with Crippen molar-refractivity contribution in [2.24, 2.45) is 0 Å². The van der Waals surface area contributed by atoms with Crippen LogP contribution in [0.3, 0.4) is 0 Å². The molecule has 0 saturated heterocycles. The molecule has 18 heavy (non-hydrogen) atoms. The molecule has 2 nitrogen and oxygen atoms in total. The van der Waals surface area contributed by atoms with Crippen molar-refractivity contribution in [3.63, 3.8) is 0 Å². The quantitative estimate of drug-likeness (QED) is 0.663. The van der Waals surface area contributed by atoms with Crippen LogP contribution in [0.4, 0.5) is 5.69 Å². The Labute approximate surface area is 133 Å². The first-order valence-corrected chi connectivity index (χ1v) is 7.82. The zero-order valence-corrected chi connectivity index (χ0v) is 12.2. The second kappa shape index (κ2) is 7.93. The van der Waals surface area contributed by atoms with Crippen LogP contribution in [0.5, 0.6) is 0 Å². The fourth-order valence-electron chi connectivity index (χ4n) is 1.50. The molecule has 80 valence electrons. The second-order valence-electron chi connectivity index (χ2n) is 3.45. The van der Waals surface area contributed by atoms with Gasteiger partial charge in [0.15, 0.2) is 0 Å². The van der Waals surface area contributed by atoms with E-state index in [0.717, 1.165) is 10.0 Å². The van der Waals surface area contributed by atoms with E-state index in [0.29, 0.717) is 18.5 Å². The molecule has 2 rings (SSSR count). The monoisotopic (exact) mass is 289 g/mol. The Morgan fingerprint density at radius 2 is 1.61 bits per heavy atom. The molecule has 0 atom stereocenters. The molecule has 5 heteroatoms. The first-order chi connectivity index (χ1) is 8.31. The Morgan fingerprint density at radius 1 is 1.00 bits per heavy atom. The summed E-state index contributed by atoms with van der Waals surface area (Å²) < 4.78 is 1.10. The fraction of sp³-hybridized carbons (Fsp3) is 0. The first-order valence-electron chi connectivity index (χ1n) is 5.25. The van der Waals surface area contributed by atoms with Crippen LogP contribution in [0.25, 0.3) is 5.32 Å². The molecule has 0 fully saturated rings. The van der Waals surface area contributed by atoms with Gasteiger partial charge >= 0.3 is 134 Å². The predicted octanol–water partition coefficient (Wildman–Crippen LogP) is -1.05. The molecule has 0 bridgehead atoms. The van der Waals surface area contributed by atoms with Gasteiger partial charge < -0.3 is 0 Å². The number of carbonyl (C=O) groups excluding carboxylic acids is 1. The van der Waals surface area contributed by atoms with Gasteiger partial charge in [0.25, 0.3) is 0 Å². The number of amides is 1. The molecular weight excluding hydrogens is 279 g/mol. The van der Waals surface area contributed by atoms with Gasteiger partial charge in [0, 0.05) is 0 Å². The molecule has 0 aliphatic rings. The molecule has 2 aromatic rings. The van der Waals surface area contributed by atoms with E-state index in [1.54, 1.807) is 0 Å². The zero-order valence-electron chi connectivity index (χ0n) is 10.5. The van der Waals surface area contributed by atoms with Gasteiger partial charge in [-0.1, -0.05) is 0 Å². The summed E-state index contributed by atoms with van der Waals surface area (Å²) >= 11 is 2.40. The molecule has 2 aromatic carbocycles. The number of rotatable bonds is 3. The number of benzene rings is 2. The van der Waals surface area contributed by atoms with Crippen LogP contribution in [0.1, 0.15) is 10.4 Å². The van der Waals surface area contributed by atoms with Crippen molar-refractivity contribution in [3.8, 4) is 0 Å². The van der Waals surface area contributed by atoms with Crippen LogP contribution in [0.2, 0.25) is 0 Å². The summed E-state index contributed by atoms with van der Waals surface area (Å²) in [6.45, 7) is 0. The van der Waals surface area contributed by atoms with Crippen molar-refractivity contribution in [1.29, 1.82) is 0 Å². The Morgan fingerprint density at radius 3 is 2.28 bits per heavy atom. The molecule has 0 spiro atoms. The van der Waals surface area contributed by atoms with E-state index >= 15 is 0 Å². The average Bonchev–Trinajstić information content (AvgIpc) is 2.40. The van der Waals surface area contributed by atoms with Crippen LogP contribution in [-0.4, -0.2) is 34.5 Å². The summed E-state index contributed by atoms with van der Waals surface area (Å²) in [6.07, 6.45) is 0. The number of hydrogen-bond donors (Lipinski definition) is 0. The Kier molecular flexibility index (Phi) is 6.91. The van der Waals surface area contributed by atoms with Crippen molar-refractivity contribution in [3.05, 3.63) is 65.5 Å². The van der Waals surface area contributed by atoms with Gasteiger partial charge in [-0.15, -0.1) is 0 Å². The molecule has 0 radical (unpaired) electrons. The van der Waals surface area contributed by atoms with E-state index < -0.39 is 0 Å². The van der Waals surface area contributed by atoms with Gasteiger partial charge in [0.1, 0.15) is 0 Å². The summed E-state index contributed by atoms with van der Waals surface area (Å²) in [7, 11) is 0. The SMILES string of the molecule is [Li+].[Li][Se]c1ccccc1C(=O)[N-]c1ccccc1. The molecule has 0 aromatic heterocycles. The average molecular weight is 288 g/mol. The van der Waals surface area contributed by atoms with E-state index in [4.69, 9.17) is 0 Å². The third kappa shape index (κ3) is 4.08. The van der Waals surface area contributed by atoms with Gasteiger partial charge in [-0.25, -0.2) is 0 Å². The predicted molar refractivity (Wildman–Crippen MR) is 71.4 cm³/mol. The summed E-state index contributed by atoms with van der Waals surface area (Å²) in [5.74, 6) is -0.157. The van der Waals surface area contributed by atoms with Gasteiger partial charge in [0.2, 0.25) is 0 Å². The summed E-state index contributed by atoms with van der Waals surface area (Å²) in [4.78, 5) is 12.0. The van der Waals surface area contributed by atoms with Crippen LogP contribution in [0.15, 0.2) is 54.6 Å². The molecule has 0 heterocycles. The fourth-order valence-corrected chi connectivity index (χ4v) is 2.74. The van der Waals surface area contributed by atoms with Crippen LogP contribution < -0.4 is 23.3 Å². The Balaban J connectivity index is 0.00000162. The van der Waals surface area contributed by atoms with Gasteiger partial charge in [0.05, 0.1) is 0 Å². The molecule has 0 aliphatic heterocycles. The standard InChI is InChI=1S/C13H11NOSe.2Li/c15-13(11-8-4-5-9-12(11)16)14-10-6-2-1-3-7-10;;/h1-9H,(H2,14,15,16);;/q;2*+1/p-2.